The van der Waals surface area contributed by atoms with Crippen LogP contribution < -0.4 is 0 Å². The van der Waals surface area contributed by atoms with Gasteiger partial charge in [-0.3, -0.25) is 4.79 Å². The molecule has 0 spiro atoms. The Morgan fingerprint density at radius 1 is 1.28 bits per heavy atom. The highest BCUT2D eigenvalue weighted by molar-refractivity contribution is 5.73. The molecular formula is C14H23N3O. The molecule has 1 aromatic heterocycles. The lowest BCUT2D eigenvalue weighted by molar-refractivity contribution is 0.111. The largest absolute Gasteiger partial charge is 0.296 e. The third kappa shape index (κ3) is 2.98. The summed E-state index contributed by atoms with van der Waals surface area (Å²) in [4.78, 5) is 11.0. The summed E-state index contributed by atoms with van der Waals surface area (Å²) < 4.78 is 1.97. The van der Waals surface area contributed by atoms with Crippen molar-refractivity contribution < 1.29 is 4.79 Å². The van der Waals surface area contributed by atoms with E-state index in [2.05, 4.69) is 17.2 Å². The van der Waals surface area contributed by atoms with E-state index in [-0.39, 0.29) is 0 Å². The monoisotopic (exact) mass is 249 g/mol. The van der Waals surface area contributed by atoms with Gasteiger partial charge in [0, 0.05) is 12.5 Å². The van der Waals surface area contributed by atoms with Crippen molar-refractivity contribution in [1.82, 2.24) is 15.0 Å². The molecule has 0 saturated heterocycles. The van der Waals surface area contributed by atoms with Crippen LogP contribution >= 0.6 is 0 Å². The zero-order valence-corrected chi connectivity index (χ0v) is 11.3. The lowest BCUT2D eigenvalue weighted by Crippen LogP contribution is -2.17. The van der Waals surface area contributed by atoms with Crippen LogP contribution in [-0.4, -0.2) is 21.3 Å². The van der Waals surface area contributed by atoms with Gasteiger partial charge in [0.1, 0.15) is 5.69 Å². The summed E-state index contributed by atoms with van der Waals surface area (Å²) in [5, 5.41) is 8.14. The molecule has 1 aromatic rings. The average Bonchev–Trinajstić information content (AvgIpc) is 2.70. The fraction of sp³-hybridized carbons (Fsp3) is 0.786. The molecule has 4 nitrogen and oxygen atoms in total. The van der Waals surface area contributed by atoms with Crippen molar-refractivity contribution >= 4 is 6.29 Å². The molecule has 1 aliphatic rings. The predicted molar refractivity (Wildman–Crippen MR) is 70.8 cm³/mol. The molecule has 100 valence electrons. The molecular weight excluding hydrogens is 226 g/mol. The minimum atomic E-state index is 0.524. The molecule has 1 fully saturated rings. The maximum atomic E-state index is 11.0. The molecule has 0 bridgehead atoms. The van der Waals surface area contributed by atoms with Gasteiger partial charge < -0.3 is 0 Å². The summed E-state index contributed by atoms with van der Waals surface area (Å²) in [7, 11) is 0. The van der Waals surface area contributed by atoms with E-state index in [4.69, 9.17) is 0 Å². The van der Waals surface area contributed by atoms with Crippen molar-refractivity contribution in [3.63, 3.8) is 0 Å². The number of nitrogens with zero attached hydrogens (tertiary/aromatic N) is 3. The Hall–Kier alpha value is -1.19. The minimum Gasteiger partial charge on any atom is -0.296 e. The lowest BCUT2D eigenvalue weighted by atomic mass is 9.82. The van der Waals surface area contributed by atoms with Crippen molar-refractivity contribution in [2.75, 3.05) is 0 Å². The Bertz CT molecular complexity index is 382. The number of rotatable bonds is 8. The first-order valence-corrected chi connectivity index (χ1v) is 7.25. The normalized spacial score (nSPS) is 15.6. The van der Waals surface area contributed by atoms with E-state index in [1.54, 1.807) is 0 Å². The zero-order chi connectivity index (χ0) is 12.8. The zero-order valence-electron chi connectivity index (χ0n) is 11.3. The van der Waals surface area contributed by atoms with Gasteiger partial charge in [-0.15, -0.1) is 5.10 Å². The molecule has 0 atom stereocenters. The lowest BCUT2D eigenvalue weighted by Gasteiger charge is -2.26. The second kappa shape index (κ2) is 6.66. The third-order valence-electron chi connectivity index (χ3n) is 3.88. The summed E-state index contributed by atoms with van der Waals surface area (Å²) >= 11 is 0. The molecule has 18 heavy (non-hydrogen) atoms. The topological polar surface area (TPSA) is 47.8 Å². The number of aromatic nitrogens is 3. The van der Waals surface area contributed by atoms with Crippen LogP contribution in [0.2, 0.25) is 0 Å². The van der Waals surface area contributed by atoms with E-state index in [1.807, 2.05) is 4.68 Å². The van der Waals surface area contributed by atoms with Gasteiger partial charge in [0.25, 0.3) is 0 Å². The van der Waals surface area contributed by atoms with E-state index in [0.29, 0.717) is 11.6 Å². The van der Waals surface area contributed by atoms with E-state index in [0.717, 1.165) is 24.9 Å². The van der Waals surface area contributed by atoms with Gasteiger partial charge in [0.05, 0.1) is 5.69 Å². The number of carbonyl (C=O) groups is 1. The quantitative estimate of drug-likeness (QED) is 0.524. The van der Waals surface area contributed by atoms with Gasteiger partial charge >= 0.3 is 0 Å². The Balaban J connectivity index is 1.90. The maximum Gasteiger partial charge on any atom is 0.172 e. The van der Waals surface area contributed by atoms with Crippen molar-refractivity contribution in [1.29, 1.82) is 0 Å². The van der Waals surface area contributed by atoms with Crippen LogP contribution in [0.4, 0.5) is 0 Å². The van der Waals surface area contributed by atoms with Gasteiger partial charge in [-0.1, -0.05) is 44.2 Å². The van der Waals surface area contributed by atoms with Gasteiger partial charge in [-0.25, -0.2) is 4.68 Å². The van der Waals surface area contributed by atoms with E-state index in [1.165, 1.54) is 44.9 Å². The van der Waals surface area contributed by atoms with E-state index >= 15 is 0 Å². The first-order valence-electron chi connectivity index (χ1n) is 7.25. The molecule has 2 rings (SSSR count). The Morgan fingerprint density at radius 3 is 2.67 bits per heavy atom. The molecule has 4 heteroatoms. The van der Waals surface area contributed by atoms with Crippen LogP contribution in [0.15, 0.2) is 0 Å². The van der Waals surface area contributed by atoms with Crippen molar-refractivity contribution in [2.45, 2.75) is 70.8 Å². The molecule has 0 N–H and O–H groups in total. The number of carbonyl (C=O) groups excluding carboxylic acids is 1. The molecule has 0 radical (unpaired) electrons. The number of aldehydes is 1. The van der Waals surface area contributed by atoms with Gasteiger partial charge in [-0.2, -0.15) is 0 Å². The summed E-state index contributed by atoms with van der Waals surface area (Å²) in [6.07, 6.45) is 10.8. The van der Waals surface area contributed by atoms with Crippen LogP contribution in [-0.2, 0) is 6.54 Å². The van der Waals surface area contributed by atoms with Gasteiger partial charge in [-0.05, 0) is 19.3 Å². The molecule has 1 saturated carbocycles. The third-order valence-corrected chi connectivity index (χ3v) is 3.88. The highest BCUT2D eigenvalue weighted by Gasteiger charge is 2.27. The fourth-order valence-corrected chi connectivity index (χ4v) is 2.55. The average molecular weight is 249 g/mol. The molecule has 0 aliphatic heterocycles. The second-order valence-corrected chi connectivity index (χ2v) is 5.24. The van der Waals surface area contributed by atoms with Crippen LogP contribution in [0, 0.1) is 0 Å². The summed E-state index contributed by atoms with van der Waals surface area (Å²) in [5.74, 6) is 0.524. The molecule has 0 amide bonds. The smallest absolute Gasteiger partial charge is 0.172 e. The summed E-state index contributed by atoms with van der Waals surface area (Å²) in [6, 6.07) is 0. The van der Waals surface area contributed by atoms with Crippen LogP contribution in [0.25, 0.3) is 0 Å². The van der Waals surface area contributed by atoms with Crippen molar-refractivity contribution in [3.8, 4) is 0 Å². The molecule has 1 heterocycles. The first-order chi connectivity index (χ1) is 8.86. The van der Waals surface area contributed by atoms with E-state index < -0.39 is 0 Å². The van der Waals surface area contributed by atoms with Crippen molar-refractivity contribution in [3.05, 3.63) is 11.4 Å². The number of hydrogen-bond acceptors (Lipinski definition) is 3. The first kappa shape index (κ1) is 13.2. The second-order valence-electron chi connectivity index (χ2n) is 5.24. The molecule has 0 unspecified atom stereocenters. The van der Waals surface area contributed by atoms with E-state index in [9.17, 15) is 4.79 Å². The highest BCUT2D eigenvalue weighted by atomic mass is 16.1. The fourth-order valence-electron chi connectivity index (χ4n) is 2.55. The SMILES string of the molecule is CCCCCCCn1nnc(C=O)c1C1CCC1. The number of hydrogen-bond donors (Lipinski definition) is 0. The standard InChI is InChI=1S/C14H23N3O/c1-2-3-4-5-6-10-17-14(12-8-7-9-12)13(11-18)15-16-17/h11-12H,2-10H2,1H3. The minimum absolute atomic E-state index is 0.524. The summed E-state index contributed by atoms with van der Waals surface area (Å²) in [6.45, 7) is 3.14. The van der Waals surface area contributed by atoms with Crippen LogP contribution in [0.1, 0.15) is 80.4 Å². The predicted octanol–water partition coefficient (Wildman–Crippen LogP) is 3.33. The highest BCUT2D eigenvalue weighted by Crippen LogP contribution is 2.37. The Morgan fingerprint density at radius 2 is 2.06 bits per heavy atom. The van der Waals surface area contributed by atoms with Gasteiger partial charge in [0.2, 0.25) is 0 Å². The van der Waals surface area contributed by atoms with Crippen molar-refractivity contribution in [2.24, 2.45) is 0 Å². The Labute approximate surface area is 109 Å². The number of unbranched alkanes of at least 4 members (excludes halogenated alkanes) is 4. The molecule has 1 aliphatic carbocycles. The number of aryl methyl sites for hydroxylation is 1. The van der Waals surface area contributed by atoms with Gasteiger partial charge in [0.15, 0.2) is 6.29 Å². The summed E-state index contributed by atoms with van der Waals surface area (Å²) in [5.41, 5.74) is 1.65. The maximum absolute atomic E-state index is 11.0. The van der Waals surface area contributed by atoms with Crippen LogP contribution in [0.3, 0.4) is 0 Å². The van der Waals surface area contributed by atoms with Crippen LogP contribution in [0.5, 0.6) is 0 Å². The molecule has 0 aromatic carbocycles. The Kier molecular flexibility index (Phi) is 4.90.